The van der Waals surface area contributed by atoms with Crippen molar-refractivity contribution >= 4 is 0 Å². The van der Waals surface area contributed by atoms with E-state index < -0.39 is 24.4 Å². The van der Waals surface area contributed by atoms with Crippen LogP contribution in [0.15, 0.2) is 42.0 Å². The van der Waals surface area contributed by atoms with Gasteiger partial charge in [-0.15, -0.1) is 0 Å². The molecule has 0 fully saturated rings. The van der Waals surface area contributed by atoms with Gasteiger partial charge in [-0.25, -0.2) is 0 Å². The SMILES string of the molecule is CCC1=CC(NC(CO)c2ccccc2)C(O)C(O)C1O. The average molecular weight is 293 g/mol. The van der Waals surface area contributed by atoms with Gasteiger partial charge in [0, 0.05) is 0 Å². The Labute approximate surface area is 124 Å². The van der Waals surface area contributed by atoms with E-state index in [1.807, 2.05) is 37.3 Å². The van der Waals surface area contributed by atoms with Crippen LogP contribution in [0.2, 0.25) is 0 Å². The first kappa shape index (κ1) is 16.1. The molecule has 0 aliphatic heterocycles. The highest BCUT2D eigenvalue weighted by atomic mass is 16.4. The molecule has 5 atom stereocenters. The third kappa shape index (κ3) is 3.51. The van der Waals surface area contributed by atoms with Gasteiger partial charge in [0.05, 0.1) is 18.7 Å². The Morgan fingerprint density at radius 2 is 1.76 bits per heavy atom. The normalized spacial score (nSPS) is 30.8. The van der Waals surface area contributed by atoms with Gasteiger partial charge in [0.25, 0.3) is 0 Å². The second-order valence-corrected chi connectivity index (χ2v) is 5.36. The van der Waals surface area contributed by atoms with Crippen molar-refractivity contribution in [3.63, 3.8) is 0 Å². The average Bonchev–Trinajstić information content (AvgIpc) is 2.53. The molecule has 1 aromatic rings. The third-order valence-electron chi connectivity index (χ3n) is 4.00. The lowest BCUT2D eigenvalue weighted by Crippen LogP contribution is -2.54. The van der Waals surface area contributed by atoms with Crippen LogP contribution >= 0.6 is 0 Å². The van der Waals surface area contributed by atoms with Crippen molar-refractivity contribution in [2.24, 2.45) is 0 Å². The molecule has 0 saturated heterocycles. The predicted molar refractivity (Wildman–Crippen MR) is 79.6 cm³/mol. The maximum Gasteiger partial charge on any atom is 0.111 e. The van der Waals surface area contributed by atoms with Crippen LogP contribution in [-0.2, 0) is 0 Å². The van der Waals surface area contributed by atoms with Crippen LogP contribution in [0.4, 0.5) is 0 Å². The summed E-state index contributed by atoms with van der Waals surface area (Å²) in [7, 11) is 0. The molecule has 1 aliphatic carbocycles. The fourth-order valence-electron chi connectivity index (χ4n) is 2.69. The van der Waals surface area contributed by atoms with Gasteiger partial charge in [-0.2, -0.15) is 0 Å². The summed E-state index contributed by atoms with van der Waals surface area (Å²) in [6.45, 7) is 1.76. The zero-order valence-corrected chi connectivity index (χ0v) is 12.1. The Hall–Kier alpha value is -1.24. The van der Waals surface area contributed by atoms with Crippen molar-refractivity contribution in [2.75, 3.05) is 6.61 Å². The number of nitrogens with one attached hydrogen (secondary N) is 1. The quantitative estimate of drug-likeness (QED) is 0.497. The van der Waals surface area contributed by atoms with Gasteiger partial charge in [0.1, 0.15) is 18.3 Å². The van der Waals surface area contributed by atoms with Crippen molar-refractivity contribution in [3.05, 3.63) is 47.5 Å². The van der Waals surface area contributed by atoms with Gasteiger partial charge in [-0.05, 0) is 17.6 Å². The maximum absolute atomic E-state index is 10.1. The van der Waals surface area contributed by atoms with Crippen molar-refractivity contribution < 1.29 is 20.4 Å². The second kappa shape index (κ2) is 7.15. The zero-order chi connectivity index (χ0) is 15.4. The molecular formula is C16H23NO4. The van der Waals surface area contributed by atoms with E-state index in [0.717, 1.165) is 5.56 Å². The molecule has 1 aromatic carbocycles. The fraction of sp³-hybridized carbons (Fsp3) is 0.500. The minimum Gasteiger partial charge on any atom is -0.394 e. The van der Waals surface area contributed by atoms with E-state index >= 15 is 0 Å². The molecule has 21 heavy (non-hydrogen) atoms. The first-order valence-electron chi connectivity index (χ1n) is 7.25. The monoisotopic (exact) mass is 293 g/mol. The van der Waals surface area contributed by atoms with E-state index in [0.29, 0.717) is 12.0 Å². The molecule has 0 bridgehead atoms. The number of hydrogen-bond acceptors (Lipinski definition) is 5. The minimum atomic E-state index is -1.22. The summed E-state index contributed by atoms with van der Waals surface area (Å²) in [4.78, 5) is 0. The fourth-order valence-corrected chi connectivity index (χ4v) is 2.69. The van der Waals surface area contributed by atoms with Crippen LogP contribution in [0.1, 0.15) is 24.9 Å². The largest absolute Gasteiger partial charge is 0.394 e. The molecule has 5 heteroatoms. The summed E-state index contributed by atoms with van der Waals surface area (Å²) in [6, 6.07) is 8.56. The molecule has 0 heterocycles. The molecule has 0 amide bonds. The summed E-state index contributed by atoms with van der Waals surface area (Å²) in [5, 5.41) is 42.6. The molecule has 5 unspecified atom stereocenters. The molecule has 2 rings (SSSR count). The lowest BCUT2D eigenvalue weighted by atomic mass is 9.86. The Balaban J connectivity index is 2.18. The Morgan fingerprint density at radius 1 is 1.10 bits per heavy atom. The van der Waals surface area contributed by atoms with E-state index in [1.54, 1.807) is 6.08 Å². The number of rotatable bonds is 5. The van der Waals surface area contributed by atoms with Crippen LogP contribution < -0.4 is 5.32 Å². The van der Waals surface area contributed by atoms with Crippen molar-refractivity contribution in [3.8, 4) is 0 Å². The van der Waals surface area contributed by atoms with Gasteiger partial charge in [-0.1, -0.05) is 43.3 Å². The first-order valence-corrected chi connectivity index (χ1v) is 7.25. The standard InChI is InChI=1S/C16H23NO4/c1-2-10-8-12(15(20)16(21)14(10)19)17-13(9-18)11-6-4-3-5-7-11/h3-8,12-21H,2,9H2,1H3. The van der Waals surface area contributed by atoms with E-state index in [9.17, 15) is 20.4 Å². The summed E-state index contributed by atoms with van der Waals surface area (Å²) in [5.41, 5.74) is 1.59. The van der Waals surface area contributed by atoms with Crippen molar-refractivity contribution in [1.82, 2.24) is 5.32 Å². The number of aliphatic hydroxyl groups is 4. The Bertz CT molecular complexity index is 476. The van der Waals surface area contributed by atoms with Crippen LogP contribution in [0.25, 0.3) is 0 Å². The maximum atomic E-state index is 10.1. The van der Waals surface area contributed by atoms with Crippen LogP contribution in [0.3, 0.4) is 0 Å². The van der Waals surface area contributed by atoms with Gasteiger partial charge in [0.2, 0.25) is 0 Å². The summed E-state index contributed by atoms with van der Waals surface area (Å²) >= 11 is 0. The molecule has 116 valence electrons. The molecule has 0 spiro atoms. The molecule has 0 aromatic heterocycles. The first-order chi connectivity index (χ1) is 10.1. The van der Waals surface area contributed by atoms with Crippen LogP contribution in [0.5, 0.6) is 0 Å². The van der Waals surface area contributed by atoms with Gasteiger partial charge < -0.3 is 20.4 Å². The smallest absolute Gasteiger partial charge is 0.111 e. The highest BCUT2D eigenvalue weighted by molar-refractivity contribution is 5.24. The lowest BCUT2D eigenvalue weighted by molar-refractivity contribution is -0.0641. The van der Waals surface area contributed by atoms with Gasteiger partial charge in [0.15, 0.2) is 0 Å². The van der Waals surface area contributed by atoms with Gasteiger partial charge >= 0.3 is 0 Å². The summed E-state index contributed by atoms with van der Waals surface area (Å²) in [6.07, 6.45) is -1.04. The lowest BCUT2D eigenvalue weighted by Gasteiger charge is -2.36. The van der Waals surface area contributed by atoms with Crippen LogP contribution in [0, 0.1) is 0 Å². The zero-order valence-electron chi connectivity index (χ0n) is 12.1. The van der Waals surface area contributed by atoms with E-state index in [2.05, 4.69) is 5.32 Å². The molecule has 0 radical (unpaired) electrons. The highest BCUT2D eigenvalue weighted by Gasteiger charge is 2.37. The molecule has 5 N–H and O–H groups in total. The van der Waals surface area contributed by atoms with E-state index in [1.165, 1.54) is 0 Å². The Kier molecular flexibility index (Phi) is 5.50. The third-order valence-corrected chi connectivity index (χ3v) is 4.00. The second-order valence-electron chi connectivity index (χ2n) is 5.36. The summed E-state index contributed by atoms with van der Waals surface area (Å²) in [5.74, 6) is 0. The van der Waals surface area contributed by atoms with E-state index in [-0.39, 0.29) is 12.6 Å². The minimum absolute atomic E-state index is 0.124. The molecule has 0 saturated carbocycles. The molecular weight excluding hydrogens is 270 g/mol. The van der Waals surface area contributed by atoms with Crippen molar-refractivity contribution in [1.29, 1.82) is 0 Å². The van der Waals surface area contributed by atoms with Gasteiger partial charge in [-0.3, -0.25) is 5.32 Å². The van der Waals surface area contributed by atoms with E-state index in [4.69, 9.17) is 0 Å². The summed E-state index contributed by atoms with van der Waals surface area (Å²) < 4.78 is 0. The van der Waals surface area contributed by atoms with Crippen LogP contribution in [-0.4, -0.2) is 51.4 Å². The topological polar surface area (TPSA) is 93.0 Å². The Morgan fingerprint density at radius 3 is 2.33 bits per heavy atom. The molecule has 5 nitrogen and oxygen atoms in total. The number of hydrogen-bond donors (Lipinski definition) is 5. The molecule has 1 aliphatic rings. The van der Waals surface area contributed by atoms with Crippen molar-refractivity contribution in [2.45, 2.75) is 43.7 Å². The highest BCUT2D eigenvalue weighted by Crippen LogP contribution is 2.24. The predicted octanol–water partition coefficient (Wildman–Crippen LogP) is 0.111. The number of benzene rings is 1. The number of aliphatic hydroxyl groups excluding tert-OH is 4.